The second kappa shape index (κ2) is 5.01. The summed E-state index contributed by atoms with van der Waals surface area (Å²) >= 11 is 3.47. The summed E-state index contributed by atoms with van der Waals surface area (Å²) in [5.41, 5.74) is 13.8. The van der Waals surface area contributed by atoms with Crippen molar-refractivity contribution in [1.29, 1.82) is 5.26 Å². The van der Waals surface area contributed by atoms with Crippen LogP contribution in [0.5, 0.6) is 5.75 Å². The average molecular weight is 397 g/mol. The fourth-order valence-corrected chi connectivity index (χ4v) is 3.85. The van der Waals surface area contributed by atoms with E-state index < -0.39 is 5.41 Å². The summed E-state index contributed by atoms with van der Waals surface area (Å²) in [6.45, 7) is 1.92. The summed E-state index contributed by atoms with van der Waals surface area (Å²) in [5, 5.41) is 12.6. The summed E-state index contributed by atoms with van der Waals surface area (Å²) in [6, 6.07) is 10.8. The van der Waals surface area contributed by atoms with Crippen LogP contribution < -0.4 is 21.5 Å². The number of halogens is 1. The maximum absolute atomic E-state index is 13.1. The van der Waals surface area contributed by atoms with E-state index in [0.717, 1.165) is 10.0 Å². The number of carbonyl (C=O) groups excluding carboxylic acids is 1. The Hall–Kier alpha value is -2.98. The van der Waals surface area contributed by atoms with Gasteiger partial charge in [-0.1, -0.05) is 28.1 Å². The molecule has 1 atom stereocenters. The van der Waals surface area contributed by atoms with E-state index in [9.17, 15) is 10.1 Å². The molecule has 2 heterocycles. The number of nitrogens with one attached hydrogen (secondary N) is 1. The lowest BCUT2D eigenvalue weighted by Crippen LogP contribution is -2.42. The number of fused-ring (bicyclic) bond motifs is 4. The van der Waals surface area contributed by atoms with Crippen LogP contribution in [0.2, 0.25) is 0 Å². The van der Waals surface area contributed by atoms with Gasteiger partial charge in [-0.3, -0.25) is 4.79 Å². The SMILES string of the molecule is Cc1cc2c(cc1Br)NC(=O)[C@]21C(C#N)=C(N)Oc2cc(N)ccc21. The third-order valence-corrected chi connectivity index (χ3v) is 5.51. The lowest BCUT2D eigenvalue weighted by atomic mass is 9.68. The zero-order valence-electron chi connectivity index (χ0n) is 13.2. The molecule has 0 radical (unpaired) electrons. The number of nitrogens with zero attached hydrogens (tertiary/aromatic N) is 1. The quantitative estimate of drug-likeness (QED) is 0.592. The highest BCUT2D eigenvalue weighted by atomic mass is 79.9. The van der Waals surface area contributed by atoms with Crippen molar-refractivity contribution in [3.63, 3.8) is 0 Å². The number of carbonyl (C=O) groups is 1. The minimum atomic E-state index is -1.35. The second-order valence-corrected chi connectivity index (χ2v) is 6.91. The molecule has 2 aliphatic heterocycles. The van der Waals surface area contributed by atoms with Gasteiger partial charge in [0.05, 0.1) is 0 Å². The predicted octanol–water partition coefficient (Wildman–Crippen LogP) is 2.66. The molecule has 2 aromatic rings. The van der Waals surface area contributed by atoms with E-state index in [4.69, 9.17) is 16.2 Å². The number of aryl methyl sites for hydroxylation is 1. The summed E-state index contributed by atoms with van der Waals surface area (Å²) < 4.78 is 6.45. The van der Waals surface area contributed by atoms with Crippen molar-refractivity contribution in [2.75, 3.05) is 11.1 Å². The molecule has 4 rings (SSSR count). The molecule has 25 heavy (non-hydrogen) atoms. The fraction of sp³-hybridized carbons (Fsp3) is 0.111. The number of amides is 1. The van der Waals surface area contributed by atoms with Crippen LogP contribution in [0, 0.1) is 18.3 Å². The first-order chi connectivity index (χ1) is 11.9. The van der Waals surface area contributed by atoms with Crippen molar-refractivity contribution in [3.05, 3.63) is 63.0 Å². The standard InChI is InChI=1S/C18H13BrN4O2/c1-8-4-11-14(6-13(8)19)23-17(24)18(11)10-3-2-9(21)5-15(10)25-16(22)12(18)7-20/h2-6H,21-22H2,1H3,(H,23,24)/t18-/m0/s1. The molecule has 0 unspecified atom stereocenters. The topological polar surface area (TPSA) is 114 Å². The Morgan fingerprint density at radius 3 is 2.72 bits per heavy atom. The molecule has 0 fully saturated rings. The summed E-state index contributed by atoms with van der Waals surface area (Å²) in [5.74, 6) is -0.0573. The number of rotatable bonds is 0. The number of hydrogen-bond acceptors (Lipinski definition) is 5. The largest absolute Gasteiger partial charge is 0.440 e. The normalized spacial score (nSPS) is 20.6. The van der Waals surface area contributed by atoms with E-state index >= 15 is 0 Å². The van der Waals surface area contributed by atoms with Gasteiger partial charge in [-0.25, -0.2) is 0 Å². The molecule has 0 aromatic heterocycles. The van der Waals surface area contributed by atoms with E-state index in [1.54, 1.807) is 18.2 Å². The summed E-state index contributed by atoms with van der Waals surface area (Å²) in [7, 11) is 0. The maximum Gasteiger partial charge on any atom is 0.245 e. The first-order valence-corrected chi connectivity index (χ1v) is 8.29. The van der Waals surface area contributed by atoms with Crippen LogP contribution in [-0.4, -0.2) is 5.91 Å². The highest BCUT2D eigenvalue weighted by Gasteiger charge is 2.56. The van der Waals surface area contributed by atoms with Crippen LogP contribution in [-0.2, 0) is 10.2 Å². The number of hydrogen-bond donors (Lipinski definition) is 3. The highest BCUT2D eigenvalue weighted by molar-refractivity contribution is 9.10. The van der Waals surface area contributed by atoms with Crippen LogP contribution in [0.15, 0.2) is 46.3 Å². The van der Waals surface area contributed by atoms with Crippen molar-refractivity contribution >= 4 is 33.2 Å². The van der Waals surface area contributed by atoms with Gasteiger partial charge in [-0.2, -0.15) is 5.26 Å². The third-order valence-electron chi connectivity index (χ3n) is 4.65. The number of anilines is 2. The van der Waals surface area contributed by atoms with Crippen molar-refractivity contribution in [2.24, 2.45) is 5.73 Å². The molecule has 1 spiro atoms. The Morgan fingerprint density at radius 2 is 2.00 bits per heavy atom. The van der Waals surface area contributed by atoms with Gasteiger partial charge in [0, 0.05) is 33.0 Å². The predicted molar refractivity (Wildman–Crippen MR) is 96.6 cm³/mol. The van der Waals surface area contributed by atoms with Crippen LogP contribution in [0.4, 0.5) is 11.4 Å². The molecule has 0 saturated heterocycles. The van der Waals surface area contributed by atoms with Crippen LogP contribution in [0.3, 0.4) is 0 Å². The number of ether oxygens (including phenoxy) is 1. The van der Waals surface area contributed by atoms with Gasteiger partial charge in [0.1, 0.15) is 22.8 Å². The molecule has 124 valence electrons. The molecule has 2 aliphatic rings. The van der Waals surface area contributed by atoms with Gasteiger partial charge in [-0.05, 0) is 24.6 Å². The number of nitriles is 1. The Balaban J connectivity index is 2.15. The van der Waals surface area contributed by atoms with Gasteiger partial charge >= 0.3 is 0 Å². The summed E-state index contributed by atoms with van der Waals surface area (Å²) in [6.07, 6.45) is 0. The molecule has 2 aromatic carbocycles. The zero-order valence-corrected chi connectivity index (χ0v) is 14.8. The van der Waals surface area contributed by atoms with Crippen molar-refractivity contribution in [1.82, 2.24) is 0 Å². The minimum absolute atomic E-state index is 0.0720. The van der Waals surface area contributed by atoms with Crippen LogP contribution in [0.25, 0.3) is 0 Å². The van der Waals surface area contributed by atoms with E-state index in [2.05, 4.69) is 27.3 Å². The van der Waals surface area contributed by atoms with Crippen molar-refractivity contribution in [3.8, 4) is 11.8 Å². The monoisotopic (exact) mass is 396 g/mol. The zero-order chi connectivity index (χ0) is 17.9. The van der Waals surface area contributed by atoms with Crippen LogP contribution in [0.1, 0.15) is 16.7 Å². The molecular weight excluding hydrogens is 384 g/mol. The Morgan fingerprint density at radius 1 is 1.24 bits per heavy atom. The molecule has 6 nitrogen and oxygen atoms in total. The van der Waals surface area contributed by atoms with Crippen LogP contribution >= 0.6 is 15.9 Å². The van der Waals surface area contributed by atoms with E-state index in [0.29, 0.717) is 28.3 Å². The number of benzene rings is 2. The Kier molecular flexibility index (Phi) is 3.11. The van der Waals surface area contributed by atoms with E-state index in [-0.39, 0.29) is 17.4 Å². The Labute approximate surface area is 152 Å². The number of nitrogens with two attached hydrogens (primary N) is 2. The van der Waals surface area contributed by atoms with Gasteiger partial charge in [-0.15, -0.1) is 0 Å². The number of nitrogen functional groups attached to an aromatic ring is 1. The molecule has 5 N–H and O–H groups in total. The third kappa shape index (κ3) is 1.86. The lowest BCUT2D eigenvalue weighted by Gasteiger charge is -2.34. The van der Waals surface area contributed by atoms with Gasteiger partial charge in [0.15, 0.2) is 0 Å². The smallest absolute Gasteiger partial charge is 0.245 e. The van der Waals surface area contributed by atoms with E-state index in [1.165, 1.54) is 0 Å². The molecular formula is C18H13BrN4O2. The molecule has 0 bridgehead atoms. The van der Waals surface area contributed by atoms with E-state index in [1.807, 2.05) is 19.1 Å². The molecule has 0 aliphatic carbocycles. The molecule has 0 saturated carbocycles. The second-order valence-electron chi connectivity index (χ2n) is 6.06. The van der Waals surface area contributed by atoms with Crippen molar-refractivity contribution < 1.29 is 9.53 Å². The first kappa shape index (κ1) is 15.5. The first-order valence-electron chi connectivity index (χ1n) is 7.50. The van der Waals surface area contributed by atoms with Gasteiger partial charge in [0.2, 0.25) is 11.8 Å². The maximum atomic E-state index is 13.1. The lowest BCUT2D eigenvalue weighted by molar-refractivity contribution is -0.118. The Bertz CT molecular complexity index is 1040. The minimum Gasteiger partial charge on any atom is -0.440 e. The summed E-state index contributed by atoms with van der Waals surface area (Å²) in [4.78, 5) is 13.1. The highest BCUT2D eigenvalue weighted by Crippen LogP contribution is 2.54. The fourth-order valence-electron chi connectivity index (χ4n) is 3.51. The average Bonchev–Trinajstić information content (AvgIpc) is 2.81. The molecule has 1 amide bonds. The van der Waals surface area contributed by atoms with Crippen molar-refractivity contribution in [2.45, 2.75) is 12.3 Å². The van der Waals surface area contributed by atoms with Gasteiger partial charge in [0.25, 0.3) is 0 Å². The van der Waals surface area contributed by atoms with Gasteiger partial charge < -0.3 is 21.5 Å². The molecule has 7 heteroatoms.